The van der Waals surface area contributed by atoms with E-state index in [9.17, 15) is 22.8 Å². The molecule has 2 heterocycles. The third-order valence-electron chi connectivity index (χ3n) is 4.71. The fourth-order valence-electron chi connectivity index (χ4n) is 3.25. The predicted octanol–water partition coefficient (Wildman–Crippen LogP) is 2.22. The first-order valence-corrected chi connectivity index (χ1v) is 9.09. The number of imidazole rings is 1. The number of aryl methyl sites for hydroxylation is 1. The van der Waals surface area contributed by atoms with Gasteiger partial charge in [0.25, 0.3) is 0 Å². The van der Waals surface area contributed by atoms with Gasteiger partial charge in [-0.1, -0.05) is 12.1 Å². The molecule has 1 aromatic carbocycles. The Kier molecular flexibility index (Phi) is 5.76. The molecule has 0 spiro atoms. The minimum atomic E-state index is -4.89. The molecule has 0 atom stereocenters. The number of alkyl halides is 3. The van der Waals surface area contributed by atoms with Crippen LogP contribution < -0.4 is 5.32 Å². The van der Waals surface area contributed by atoms with Crippen molar-refractivity contribution >= 4 is 23.0 Å². The van der Waals surface area contributed by atoms with Crippen molar-refractivity contribution in [2.75, 3.05) is 32.7 Å². The largest absolute Gasteiger partial charge is 0.471 e. The van der Waals surface area contributed by atoms with Crippen molar-refractivity contribution < 1.29 is 22.8 Å². The number of carbonyl (C=O) groups excluding carboxylic acids is 2. The minimum absolute atomic E-state index is 0.0134. The van der Waals surface area contributed by atoms with Crippen molar-refractivity contribution in [2.45, 2.75) is 25.9 Å². The van der Waals surface area contributed by atoms with Crippen LogP contribution in [0.25, 0.3) is 11.0 Å². The van der Waals surface area contributed by atoms with Gasteiger partial charge < -0.3 is 20.1 Å². The number of halogens is 3. The number of nitrogens with one attached hydrogen (secondary N) is 2. The van der Waals surface area contributed by atoms with Crippen molar-refractivity contribution in [3.8, 4) is 0 Å². The van der Waals surface area contributed by atoms with Gasteiger partial charge >= 0.3 is 18.1 Å². The van der Waals surface area contributed by atoms with Gasteiger partial charge in [-0.3, -0.25) is 4.79 Å². The highest BCUT2D eigenvalue weighted by Gasteiger charge is 2.42. The average molecular weight is 397 g/mol. The smallest absolute Gasteiger partial charge is 0.342 e. The second-order valence-corrected chi connectivity index (χ2v) is 6.77. The molecular weight excluding hydrogens is 375 g/mol. The summed E-state index contributed by atoms with van der Waals surface area (Å²) in [6.07, 6.45) is -4.08. The summed E-state index contributed by atoms with van der Waals surface area (Å²) >= 11 is 0. The predicted molar refractivity (Wildman–Crippen MR) is 96.8 cm³/mol. The molecule has 0 bridgehead atoms. The van der Waals surface area contributed by atoms with Gasteiger partial charge in [-0.2, -0.15) is 13.2 Å². The van der Waals surface area contributed by atoms with E-state index in [1.165, 1.54) is 4.90 Å². The fourth-order valence-corrected chi connectivity index (χ4v) is 3.25. The number of rotatable bonds is 3. The molecule has 3 rings (SSSR count). The van der Waals surface area contributed by atoms with Crippen molar-refractivity contribution in [1.29, 1.82) is 0 Å². The Hall–Kier alpha value is -2.78. The number of hydrogen-bond acceptors (Lipinski definition) is 3. The van der Waals surface area contributed by atoms with E-state index in [2.05, 4.69) is 15.3 Å². The molecule has 1 aliphatic rings. The fraction of sp³-hybridized carbons (Fsp3) is 0.500. The summed E-state index contributed by atoms with van der Waals surface area (Å²) in [6, 6.07) is 5.49. The molecule has 1 fully saturated rings. The van der Waals surface area contributed by atoms with E-state index in [0.29, 0.717) is 25.9 Å². The van der Waals surface area contributed by atoms with Crippen LogP contribution in [-0.2, 0) is 11.2 Å². The van der Waals surface area contributed by atoms with Gasteiger partial charge in [0.2, 0.25) is 0 Å². The van der Waals surface area contributed by atoms with Gasteiger partial charge in [-0.25, -0.2) is 9.78 Å². The number of fused-ring (bicyclic) bond motifs is 1. The van der Waals surface area contributed by atoms with Crippen molar-refractivity contribution in [3.05, 3.63) is 29.6 Å². The lowest BCUT2D eigenvalue weighted by atomic mass is 10.2. The van der Waals surface area contributed by atoms with Gasteiger partial charge in [0.05, 0.1) is 11.0 Å². The van der Waals surface area contributed by atoms with Crippen molar-refractivity contribution in [3.63, 3.8) is 0 Å². The molecular formula is C18H22F3N5O2. The third-order valence-corrected chi connectivity index (χ3v) is 4.71. The Morgan fingerprint density at radius 2 is 1.89 bits per heavy atom. The zero-order valence-electron chi connectivity index (χ0n) is 15.5. The first-order chi connectivity index (χ1) is 13.3. The maximum atomic E-state index is 12.6. The molecule has 1 aromatic heterocycles. The van der Waals surface area contributed by atoms with Gasteiger partial charge in [-0.15, -0.1) is 0 Å². The van der Waals surface area contributed by atoms with Crippen LogP contribution in [0.15, 0.2) is 18.2 Å². The lowest BCUT2D eigenvalue weighted by Crippen LogP contribution is -2.45. The molecule has 3 amide bonds. The number of aromatic nitrogens is 2. The first-order valence-electron chi connectivity index (χ1n) is 9.09. The number of amides is 3. The van der Waals surface area contributed by atoms with Gasteiger partial charge in [0.15, 0.2) is 0 Å². The number of urea groups is 1. The van der Waals surface area contributed by atoms with Crippen LogP contribution >= 0.6 is 0 Å². The van der Waals surface area contributed by atoms with E-state index in [1.807, 2.05) is 25.1 Å². The molecule has 0 radical (unpaired) electrons. The maximum Gasteiger partial charge on any atom is 0.471 e. The minimum Gasteiger partial charge on any atom is -0.342 e. The lowest BCUT2D eigenvalue weighted by Gasteiger charge is -2.23. The van der Waals surface area contributed by atoms with Gasteiger partial charge in [0, 0.05) is 39.1 Å². The monoisotopic (exact) mass is 397 g/mol. The summed E-state index contributed by atoms with van der Waals surface area (Å²) in [5.41, 5.74) is 2.89. The van der Waals surface area contributed by atoms with E-state index in [1.54, 1.807) is 0 Å². The molecule has 2 N–H and O–H groups in total. The quantitative estimate of drug-likeness (QED) is 0.833. The molecule has 152 valence electrons. The van der Waals surface area contributed by atoms with Crippen LogP contribution in [0.2, 0.25) is 0 Å². The zero-order valence-corrected chi connectivity index (χ0v) is 15.5. The number of H-pyrrole nitrogens is 1. The van der Waals surface area contributed by atoms with Crippen LogP contribution in [0.3, 0.4) is 0 Å². The molecule has 0 aliphatic carbocycles. The van der Waals surface area contributed by atoms with Crippen LogP contribution in [0.4, 0.5) is 18.0 Å². The van der Waals surface area contributed by atoms with E-state index in [0.717, 1.165) is 27.3 Å². The lowest BCUT2D eigenvalue weighted by molar-refractivity contribution is -0.185. The zero-order chi connectivity index (χ0) is 20.3. The molecule has 0 unspecified atom stereocenters. The molecule has 7 nitrogen and oxygen atoms in total. The summed E-state index contributed by atoms with van der Waals surface area (Å²) in [7, 11) is 0. The maximum absolute atomic E-state index is 12.6. The summed E-state index contributed by atoms with van der Waals surface area (Å²) in [5.74, 6) is -1.10. The first kappa shape index (κ1) is 20.0. The molecule has 2 aromatic rings. The number of nitrogens with zero attached hydrogens (tertiary/aromatic N) is 3. The number of carbonyl (C=O) groups is 2. The van der Waals surface area contributed by atoms with Crippen LogP contribution in [0.1, 0.15) is 17.8 Å². The van der Waals surface area contributed by atoms with E-state index < -0.39 is 12.1 Å². The molecule has 1 aliphatic heterocycles. The van der Waals surface area contributed by atoms with Crippen LogP contribution in [0, 0.1) is 6.92 Å². The topological polar surface area (TPSA) is 81.3 Å². The second kappa shape index (κ2) is 8.07. The highest BCUT2D eigenvalue weighted by atomic mass is 19.4. The second-order valence-electron chi connectivity index (χ2n) is 6.77. The molecule has 10 heteroatoms. The Bertz CT molecular complexity index is 865. The van der Waals surface area contributed by atoms with Gasteiger partial charge in [0.1, 0.15) is 5.82 Å². The molecule has 0 saturated carbocycles. The Labute approximate surface area is 159 Å². The number of benzene rings is 1. The van der Waals surface area contributed by atoms with Crippen molar-refractivity contribution in [2.24, 2.45) is 0 Å². The van der Waals surface area contributed by atoms with Crippen LogP contribution in [-0.4, -0.2) is 70.6 Å². The summed E-state index contributed by atoms with van der Waals surface area (Å²) < 4.78 is 37.7. The average Bonchev–Trinajstić information content (AvgIpc) is 2.90. The van der Waals surface area contributed by atoms with Crippen molar-refractivity contribution in [1.82, 2.24) is 25.1 Å². The highest BCUT2D eigenvalue weighted by molar-refractivity contribution is 5.82. The Morgan fingerprint density at radius 1 is 1.18 bits per heavy atom. The molecule has 28 heavy (non-hydrogen) atoms. The van der Waals surface area contributed by atoms with E-state index >= 15 is 0 Å². The number of hydrogen-bond donors (Lipinski definition) is 2. The van der Waals surface area contributed by atoms with Gasteiger partial charge in [-0.05, 0) is 25.0 Å². The van der Waals surface area contributed by atoms with Crippen LogP contribution in [0.5, 0.6) is 0 Å². The number of aromatic amines is 1. The molecule has 1 saturated heterocycles. The Morgan fingerprint density at radius 3 is 2.61 bits per heavy atom. The Balaban J connectivity index is 1.49. The summed E-state index contributed by atoms with van der Waals surface area (Å²) in [6.45, 7) is 2.55. The van der Waals surface area contributed by atoms with E-state index in [4.69, 9.17) is 0 Å². The number of para-hydroxylation sites is 1. The summed E-state index contributed by atoms with van der Waals surface area (Å²) in [5, 5.41) is 2.76. The SMILES string of the molecule is Cc1cccc2[nH]c(CCNC(=O)N3CCCN(C(=O)C(F)(F)F)CC3)nc12. The standard InChI is InChI=1S/C18H22F3N5O2/c1-12-4-2-5-13-15(12)24-14(23-13)6-7-22-17(28)26-9-3-8-25(10-11-26)16(27)18(19,20)21/h2,4-5H,3,6-11H2,1H3,(H,22,28)(H,23,24). The van der Waals surface area contributed by atoms with E-state index in [-0.39, 0.29) is 25.7 Å². The third kappa shape index (κ3) is 4.55. The highest BCUT2D eigenvalue weighted by Crippen LogP contribution is 2.19. The summed E-state index contributed by atoms with van der Waals surface area (Å²) in [4.78, 5) is 33.6. The normalized spacial score (nSPS) is 15.6.